The molecule has 0 heterocycles. The first kappa shape index (κ1) is 7.48. The van der Waals surface area contributed by atoms with Gasteiger partial charge in [0.2, 0.25) is 0 Å². The Bertz CT molecular complexity index is 33.2. The Morgan fingerprint density at radius 1 is 1.57 bits per heavy atom. The van der Waals surface area contributed by atoms with E-state index in [4.69, 9.17) is 0 Å². The first-order valence-corrected chi connectivity index (χ1v) is 3.79. The molecular weight excluding hydrogens is 152 g/mol. The first-order chi connectivity index (χ1) is 3.27. The molecule has 0 aliphatic rings. The van der Waals surface area contributed by atoms with Gasteiger partial charge in [-0.2, -0.15) is 0 Å². The Morgan fingerprint density at radius 2 is 2.14 bits per heavy atom. The average molecular weight is 164 g/mol. The van der Waals surface area contributed by atoms with Crippen molar-refractivity contribution in [1.29, 1.82) is 0 Å². The standard InChI is InChI=1S/C6H12Br/c1-6(2)4-3-5-7/h4,6H,3,5H2,1-2H3. The second-order valence-electron chi connectivity index (χ2n) is 1.96. The Hall–Kier alpha value is 0.480. The molecule has 0 aliphatic heterocycles. The maximum Gasteiger partial charge on any atom is 0.00341 e. The van der Waals surface area contributed by atoms with Gasteiger partial charge >= 0.3 is 0 Å². The summed E-state index contributed by atoms with van der Waals surface area (Å²) in [7, 11) is 0. The van der Waals surface area contributed by atoms with Gasteiger partial charge in [-0.15, -0.1) is 0 Å². The molecule has 0 aromatic heterocycles. The number of halogens is 1. The zero-order valence-electron chi connectivity index (χ0n) is 4.95. The Kier molecular flexibility index (Phi) is 4.95. The van der Waals surface area contributed by atoms with Crippen LogP contribution in [0.25, 0.3) is 0 Å². The lowest BCUT2D eigenvalue weighted by molar-refractivity contribution is 0.727. The second kappa shape index (κ2) is 4.63. The van der Waals surface area contributed by atoms with Crippen molar-refractivity contribution in [2.75, 3.05) is 5.33 Å². The molecule has 0 aromatic rings. The highest BCUT2D eigenvalue weighted by atomic mass is 79.9. The van der Waals surface area contributed by atoms with E-state index in [9.17, 15) is 0 Å². The highest BCUT2D eigenvalue weighted by molar-refractivity contribution is 9.09. The zero-order valence-corrected chi connectivity index (χ0v) is 6.53. The van der Waals surface area contributed by atoms with Crippen LogP contribution in [0.4, 0.5) is 0 Å². The van der Waals surface area contributed by atoms with Gasteiger partial charge in [-0.3, -0.25) is 0 Å². The highest BCUT2D eigenvalue weighted by Gasteiger charge is 1.89. The van der Waals surface area contributed by atoms with Crippen LogP contribution in [0.2, 0.25) is 0 Å². The first-order valence-electron chi connectivity index (χ1n) is 2.66. The Balaban J connectivity index is 2.68. The maximum absolute atomic E-state index is 3.35. The summed E-state index contributed by atoms with van der Waals surface area (Å²) in [6.07, 6.45) is 3.49. The van der Waals surface area contributed by atoms with Crippen LogP contribution in [-0.4, -0.2) is 5.33 Å². The van der Waals surface area contributed by atoms with Gasteiger partial charge in [0.1, 0.15) is 0 Å². The molecule has 0 bridgehead atoms. The van der Waals surface area contributed by atoms with Crippen LogP contribution >= 0.6 is 15.9 Å². The molecule has 0 N–H and O–H groups in total. The van der Waals surface area contributed by atoms with E-state index in [1.54, 1.807) is 0 Å². The molecule has 0 atom stereocenters. The molecule has 0 unspecified atom stereocenters. The van der Waals surface area contributed by atoms with Gasteiger partial charge in [0.25, 0.3) is 0 Å². The van der Waals surface area contributed by atoms with Crippen LogP contribution in [0, 0.1) is 12.3 Å². The summed E-state index contributed by atoms with van der Waals surface area (Å²) >= 11 is 3.35. The van der Waals surface area contributed by atoms with Gasteiger partial charge < -0.3 is 0 Å². The van der Waals surface area contributed by atoms with Gasteiger partial charge in [0.05, 0.1) is 0 Å². The van der Waals surface area contributed by atoms with Crippen molar-refractivity contribution in [2.45, 2.75) is 20.3 Å². The average Bonchev–Trinajstić information content (AvgIpc) is 1.61. The van der Waals surface area contributed by atoms with Crippen molar-refractivity contribution in [3.63, 3.8) is 0 Å². The second-order valence-corrected chi connectivity index (χ2v) is 2.75. The number of hydrogen-bond donors (Lipinski definition) is 0. The van der Waals surface area contributed by atoms with Gasteiger partial charge in [-0.1, -0.05) is 29.8 Å². The zero-order chi connectivity index (χ0) is 5.70. The normalized spacial score (nSPS) is 10.3. The van der Waals surface area contributed by atoms with Gasteiger partial charge in [0.15, 0.2) is 0 Å². The smallest absolute Gasteiger partial charge is 0.00341 e. The molecule has 43 valence electrons. The van der Waals surface area contributed by atoms with Crippen LogP contribution in [-0.2, 0) is 0 Å². The van der Waals surface area contributed by atoms with Crippen molar-refractivity contribution in [1.82, 2.24) is 0 Å². The molecule has 0 nitrogen and oxygen atoms in total. The molecular formula is C6H12Br. The summed E-state index contributed by atoms with van der Waals surface area (Å²) in [6, 6.07) is 0. The monoisotopic (exact) mass is 163 g/mol. The van der Waals surface area contributed by atoms with Crippen molar-refractivity contribution >= 4 is 15.9 Å². The number of alkyl halides is 1. The lowest BCUT2D eigenvalue weighted by Crippen LogP contribution is -1.87. The molecule has 0 fully saturated rings. The molecule has 0 saturated carbocycles. The van der Waals surface area contributed by atoms with E-state index >= 15 is 0 Å². The van der Waals surface area contributed by atoms with Crippen LogP contribution in [0.5, 0.6) is 0 Å². The SMILES string of the molecule is CC(C)[CH]CCBr. The van der Waals surface area contributed by atoms with Crippen LogP contribution < -0.4 is 0 Å². The predicted molar refractivity (Wildman–Crippen MR) is 37.5 cm³/mol. The van der Waals surface area contributed by atoms with E-state index in [0.29, 0.717) is 0 Å². The van der Waals surface area contributed by atoms with E-state index in [0.717, 1.165) is 11.2 Å². The fraction of sp³-hybridized carbons (Fsp3) is 0.833. The third-order valence-corrected chi connectivity index (χ3v) is 1.21. The molecule has 0 spiro atoms. The predicted octanol–water partition coefficient (Wildman–Crippen LogP) is 2.63. The molecule has 0 rings (SSSR count). The summed E-state index contributed by atoms with van der Waals surface area (Å²) in [5.74, 6) is 0.748. The van der Waals surface area contributed by atoms with E-state index in [2.05, 4.69) is 36.2 Å². The van der Waals surface area contributed by atoms with E-state index in [1.807, 2.05) is 0 Å². The molecule has 7 heavy (non-hydrogen) atoms. The Labute approximate surface area is 54.4 Å². The van der Waals surface area contributed by atoms with Gasteiger partial charge in [-0.05, 0) is 18.8 Å². The third kappa shape index (κ3) is 6.48. The minimum absolute atomic E-state index is 0.748. The maximum atomic E-state index is 3.35. The lowest BCUT2D eigenvalue weighted by Gasteiger charge is -1.97. The van der Waals surface area contributed by atoms with E-state index in [1.165, 1.54) is 6.42 Å². The van der Waals surface area contributed by atoms with Crippen LogP contribution in [0.1, 0.15) is 20.3 Å². The molecule has 0 aliphatic carbocycles. The molecule has 1 radical (unpaired) electrons. The van der Waals surface area contributed by atoms with Gasteiger partial charge in [0, 0.05) is 5.33 Å². The molecule has 0 aromatic carbocycles. The third-order valence-electron chi connectivity index (χ3n) is 0.747. The number of hydrogen-bond acceptors (Lipinski definition) is 0. The minimum Gasteiger partial charge on any atom is -0.0928 e. The quantitative estimate of drug-likeness (QED) is 0.562. The van der Waals surface area contributed by atoms with Crippen molar-refractivity contribution < 1.29 is 0 Å². The highest BCUT2D eigenvalue weighted by Crippen LogP contribution is 2.02. The summed E-state index contributed by atoms with van der Waals surface area (Å²) in [5.41, 5.74) is 0. The van der Waals surface area contributed by atoms with E-state index in [-0.39, 0.29) is 0 Å². The number of rotatable bonds is 3. The summed E-state index contributed by atoms with van der Waals surface area (Å²) in [5, 5.41) is 1.10. The topological polar surface area (TPSA) is 0 Å². The van der Waals surface area contributed by atoms with Crippen LogP contribution in [0.3, 0.4) is 0 Å². The summed E-state index contributed by atoms with van der Waals surface area (Å²) in [4.78, 5) is 0. The molecule has 0 amide bonds. The fourth-order valence-corrected chi connectivity index (χ4v) is 0.661. The van der Waals surface area contributed by atoms with E-state index < -0.39 is 0 Å². The largest absolute Gasteiger partial charge is 0.0928 e. The van der Waals surface area contributed by atoms with Crippen molar-refractivity contribution in [2.24, 2.45) is 5.92 Å². The molecule has 0 saturated heterocycles. The van der Waals surface area contributed by atoms with Gasteiger partial charge in [-0.25, -0.2) is 0 Å². The lowest BCUT2D eigenvalue weighted by atomic mass is 10.1. The molecule has 1 heteroatoms. The summed E-state index contributed by atoms with van der Waals surface area (Å²) in [6.45, 7) is 4.39. The minimum atomic E-state index is 0.748. The summed E-state index contributed by atoms with van der Waals surface area (Å²) < 4.78 is 0. The van der Waals surface area contributed by atoms with Crippen LogP contribution in [0.15, 0.2) is 0 Å². The van der Waals surface area contributed by atoms with Crippen molar-refractivity contribution in [3.05, 3.63) is 6.42 Å². The van der Waals surface area contributed by atoms with Crippen molar-refractivity contribution in [3.8, 4) is 0 Å². The fourth-order valence-electron chi connectivity index (χ4n) is 0.396. The Morgan fingerprint density at radius 3 is 2.29 bits per heavy atom.